The quantitative estimate of drug-likeness (QED) is 0.727. The number of rotatable bonds is 8. The topological polar surface area (TPSA) is 50.1 Å². The van der Waals surface area contributed by atoms with Gasteiger partial charge in [-0.25, -0.2) is 0 Å². The van der Waals surface area contributed by atoms with Crippen molar-refractivity contribution < 1.29 is 5.11 Å². The zero-order valence-corrected chi connectivity index (χ0v) is 12.0. The van der Waals surface area contributed by atoms with Crippen LogP contribution in [0.25, 0.3) is 0 Å². The molecule has 0 aliphatic heterocycles. The standard InChI is InChI=1S/C16H23N3O/c1-14(4-5-15-6-8-16(20)9-7-15)17-10-2-12-19-13-3-11-18-19/h3,6-9,11,13-14,17,20H,2,4-5,10,12H2,1H3. The molecule has 4 nitrogen and oxygen atoms in total. The van der Waals surface area contributed by atoms with E-state index in [-0.39, 0.29) is 0 Å². The molecule has 0 saturated heterocycles. The number of hydrogen-bond acceptors (Lipinski definition) is 3. The number of aromatic hydroxyl groups is 1. The van der Waals surface area contributed by atoms with E-state index in [1.807, 2.05) is 35.3 Å². The Labute approximate surface area is 120 Å². The third-order valence-corrected chi connectivity index (χ3v) is 3.42. The van der Waals surface area contributed by atoms with Crippen LogP contribution in [0.1, 0.15) is 25.3 Å². The van der Waals surface area contributed by atoms with Crippen LogP contribution in [0.5, 0.6) is 5.75 Å². The third-order valence-electron chi connectivity index (χ3n) is 3.42. The fourth-order valence-electron chi connectivity index (χ4n) is 2.17. The van der Waals surface area contributed by atoms with Gasteiger partial charge in [0, 0.05) is 25.0 Å². The first-order valence-corrected chi connectivity index (χ1v) is 7.23. The largest absolute Gasteiger partial charge is 0.508 e. The molecule has 1 heterocycles. The van der Waals surface area contributed by atoms with Crippen LogP contribution in [0.4, 0.5) is 0 Å². The van der Waals surface area contributed by atoms with Crippen LogP contribution in [0, 0.1) is 0 Å². The van der Waals surface area contributed by atoms with Crippen molar-refractivity contribution in [2.75, 3.05) is 6.54 Å². The second-order valence-electron chi connectivity index (χ2n) is 5.18. The first-order valence-electron chi connectivity index (χ1n) is 7.23. The first-order chi connectivity index (χ1) is 9.74. The van der Waals surface area contributed by atoms with Crippen molar-refractivity contribution in [1.82, 2.24) is 15.1 Å². The van der Waals surface area contributed by atoms with Crippen molar-refractivity contribution in [3.05, 3.63) is 48.3 Å². The zero-order chi connectivity index (χ0) is 14.2. The van der Waals surface area contributed by atoms with Crippen molar-refractivity contribution in [3.8, 4) is 5.75 Å². The maximum absolute atomic E-state index is 9.24. The molecule has 0 amide bonds. The van der Waals surface area contributed by atoms with Gasteiger partial charge in [-0.1, -0.05) is 12.1 Å². The second-order valence-corrected chi connectivity index (χ2v) is 5.18. The average molecular weight is 273 g/mol. The molecule has 0 aliphatic rings. The van der Waals surface area contributed by atoms with Crippen molar-refractivity contribution in [2.24, 2.45) is 0 Å². The molecule has 0 radical (unpaired) electrons. The van der Waals surface area contributed by atoms with Crippen molar-refractivity contribution >= 4 is 0 Å². The maximum atomic E-state index is 9.24. The number of nitrogens with one attached hydrogen (secondary N) is 1. The lowest BCUT2D eigenvalue weighted by molar-refractivity contribution is 0.473. The molecule has 20 heavy (non-hydrogen) atoms. The van der Waals surface area contributed by atoms with Crippen molar-refractivity contribution in [3.63, 3.8) is 0 Å². The molecule has 1 aromatic heterocycles. The van der Waals surface area contributed by atoms with Gasteiger partial charge in [-0.05, 0) is 56.5 Å². The summed E-state index contributed by atoms with van der Waals surface area (Å²) in [6.45, 7) is 4.19. The number of hydrogen-bond donors (Lipinski definition) is 2. The Bertz CT molecular complexity index is 479. The summed E-state index contributed by atoms with van der Waals surface area (Å²) >= 11 is 0. The van der Waals surface area contributed by atoms with E-state index in [4.69, 9.17) is 0 Å². The second kappa shape index (κ2) is 7.70. The molecule has 108 valence electrons. The van der Waals surface area contributed by atoms with Gasteiger partial charge < -0.3 is 10.4 Å². The van der Waals surface area contributed by atoms with Crippen LogP contribution in [0.3, 0.4) is 0 Å². The molecule has 2 N–H and O–H groups in total. The number of aryl methyl sites for hydroxylation is 2. The molecule has 2 aromatic rings. The summed E-state index contributed by atoms with van der Waals surface area (Å²) in [4.78, 5) is 0. The van der Waals surface area contributed by atoms with E-state index in [0.717, 1.165) is 32.4 Å². The molecule has 2 rings (SSSR count). The lowest BCUT2D eigenvalue weighted by Gasteiger charge is -2.13. The first kappa shape index (κ1) is 14.6. The molecule has 0 bridgehead atoms. The Morgan fingerprint density at radius 3 is 2.80 bits per heavy atom. The lowest BCUT2D eigenvalue weighted by atomic mass is 10.1. The SMILES string of the molecule is CC(CCc1ccc(O)cc1)NCCCn1cccn1. The smallest absolute Gasteiger partial charge is 0.115 e. The van der Waals surface area contributed by atoms with Crippen LogP contribution in [0.15, 0.2) is 42.7 Å². The predicted molar refractivity (Wildman–Crippen MR) is 80.7 cm³/mol. The molecule has 0 spiro atoms. The lowest BCUT2D eigenvalue weighted by Crippen LogP contribution is -2.28. The fraction of sp³-hybridized carbons (Fsp3) is 0.438. The molecule has 1 aromatic carbocycles. The van der Waals surface area contributed by atoms with Crippen molar-refractivity contribution in [1.29, 1.82) is 0 Å². The van der Waals surface area contributed by atoms with E-state index in [2.05, 4.69) is 17.3 Å². The molecule has 4 heteroatoms. The Kier molecular flexibility index (Phi) is 5.62. The van der Waals surface area contributed by atoms with Crippen LogP contribution in [0.2, 0.25) is 0 Å². The van der Waals surface area contributed by atoms with Gasteiger partial charge in [-0.15, -0.1) is 0 Å². The molecule has 1 atom stereocenters. The summed E-state index contributed by atoms with van der Waals surface area (Å²) < 4.78 is 1.96. The normalized spacial score (nSPS) is 12.4. The number of phenolic OH excluding ortho intramolecular Hbond substituents is 1. The summed E-state index contributed by atoms with van der Waals surface area (Å²) in [6.07, 6.45) is 7.04. The van der Waals surface area contributed by atoms with Gasteiger partial charge >= 0.3 is 0 Å². The van der Waals surface area contributed by atoms with Gasteiger partial charge in [0.25, 0.3) is 0 Å². The van der Waals surface area contributed by atoms with E-state index < -0.39 is 0 Å². The molecular formula is C16H23N3O. The molecule has 1 unspecified atom stereocenters. The monoisotopic (exact) mass is 273 g/mol. The summed E-state index contributed by atoms with van der Waals surface area (Å²) in [5.74, 6) is 0.332. The third kappa shape index (κ3) is 5.05. The number of nitrogens with zero attached hydrogens (tertiary/aromatic N) is 2. The van der Waals surface area contributed by atoms with E-state index in [1.165, 1.54) is 5.56 Å². The van der Waals surface area contributed by atoms with E-state index in [9.17, 15) is 5.11 Å². The molecule has 0 saturated carbocycles. The maximum Gasteiger partial charge on any atom is 0.115 e. The Hall–Kier alpha value is -1.81. The number of aromatic nitrogens is 2. The van der Waals surface area contributed by atoms with Crippen LogP contribution >= 0.6 is 0 Å². The fourth-order valence-corrected chi connectivity index (χ4v) is 2.17. The molecular weight excluding hydrogens is 250 g/mol. The summed E-state index contributed by atoms with van der Waals surface area (Å²) in [6, 6.07) is 9.92. The summed E-state index contributed by atoms with van der Waals surface area (Å²) in [5, 5.41) is 17.0. The average Bonchev–Trinajstić information content (AvgIpc) is 2.96. The van der Waals surface area contributed by atoms with E-state index in [1.54, 1.807) is 12.1 Å². The zero-order valence-electron chi connectivity index (χ0n) is 12.0. The summed E-state index contributed by atoms with van der Waals surface area (Å²) in [5.41, 5.74) is 1.27. The number of phenols is 1. The van der Waals surface area contributed by atoms with Gasteiger partial charge in [0.1, 0.15) is 5.75 Å². The van der Waals surface area contributed by atoms with Gasteiger partial charge in [0.2, 0.25) is 0 Å². The number of benzene rings is 1. The van der Waals surface area contributed by atoms with Crippen LogP contribution in [-0.2, 0) is 13.0 Å². The highest BCUT2D eigenvalue weighted by Crippen LogP contribution is 2.11. The molecule has 0 fully saturated rings. The Morgan fingerprint density at radius 1 is 1.30 bits per heavy atom. The minimum atomic E-state index is 0.332. The minimum absolute atomic E-state index is 0.332. The highest BCUT2D eigenvalue weighted by Gasteiger charge is 2.02. The van der Waals surface area contributed by atoms with Crippen molar-refractivity contribution in [2.45, 2.75) is 38.8 Å². The van der Waals surface area contributed by atoms with Gasteiger partial charge in [-0.2, -0.15) is 5.10 Å². The van der Waals surface area contributed by atoms with Crippen LogP contribution in [-0.4, -0.2) is 27.5 Å². The Morgan fingerprint density at radius 2 is 2.10 bits per heavy atom. The van der Waals surface area contributed by atoms with E-state index in [0.29, 0.717) is 11.8 Å². The predicted octanol–water partition coefficient (Wildman–Crippen LogP) is 2.59. The van der Waals surface area contributed by atoms with Gasteiger partial charge in [0.05, 0.1) is 0 Å². The highest BCUT2D eigenvalue weighted by molar-refractivity contribution is 5.25. The highest BCUT2D eigenvalue weighted by atomic mass is 16.3. The van der Waals surface area contributed by atoms with Crippen LogP contribution < -0.4 is 5.32 Å². The summed E-state index contributed by atoms with van der Waals surface area (Å²) in [7, 11) is 0. The molecule has 0 aliphatic carbocycles. The van der Waals surface area contributed by atoms with E-state index >= 15 is 0 Å². The Balaban J connectivity index is 1.58. The minimum Gasteiger partial charge on any atom is -0.508 e. The van der Waals surface area contributed by atoms with Gasteiger partial charge in [0.15, 0.2) is 0 Å². The van der Waals surface area contributed by atoms with Gasteiger partial charge in [-0.3, -0.25) is 4.68 Å².